The third-order valence-corrected chi connectivity index (χ3v) is 3.42. The summed E-state index contributed by atoms with van der Waals surface area (Å²) in [6.45, 7) is 0. The fourth-order valence-electron chi connectivity index (χ4n) is 1.94. The zero-order chi connectivity index (χ0) is 15.0. The summed E-state index contributed by atoms with van der Waals surface area (Å²) in [5.74, 6) is 1.06. The van der Waals surface area contributed by atoms with Crippen LogP contribution in [-0.4, -0.2) is 21.1 Å². The Morgan fingerprint density at radius 2 is 2.14 bits per heavy atom. The van der Waals surface area contributed by atoms with Gasteiger partial charge in [0.25, 0.3) is 0 Å². The Bertz CT molecular complexity index is 740. The lowest BCUT2D eigenvalue weighted by atomic mass is 10.1. The van der Waals surface area contributed by atoms with Gasteiger partial charge in [-0.3, -0.25) is 5.10 Å². The fourth-order valence-corrected chi connectivity index (χ4v) is 2.13. The van der Waals surface area contributed by atoms with Crippen molar-refractivity contribution in [2.24, 2.45) is 5.10 Å². The average molecular weight is 312 g/mol. The predicted molar refractivity (Wildman–Crippen MR) is 73.8 cm³/mol. The van der Waals surface area contributed by atoms with Gasteiger partial charge in [0.2, 0.25) is 4.77 Å². The van der Waals surface area contributed by atoms with Gasteiger partial charge in [-0.2, -0.15) is 28.0 Å². The molecule has 3 rings (SSSR count). The molecule has 1 aromatic carbocycles. The van der Waals surface area contributed by atoms with E-state index in [9.17, 15) is 13.2 Å². The van der Waals surface area contributed by atoms with Crippen LogP contribution in [0.25, 0.3) is 0 Å². The third kappa shape index (κ3) is 3.05. The van der Waals surface area contributed by atoms with Crippen molar-refractivity contribution in [3.63, 3.8) is 0 Å². The molecule has 1 N–H and O–H groups in total. The van der Waals surface area contributed by atoms with E-state index < -0.39 is 11.7 Å². The summed E-state index contributed by atoms with van der Waals surface area (Å²) in [4.78, 5) is 0. The Labute approximate surface area is 123 Å². The Morgan fingerprint density at radius 1 is 1.38 bits per heavy atom. The summed E-state index contributed by atoms with van der Waals surface area (Å²) >= 11 is 5.07. The molecule has 8 heteroatoms. The van der Waals surface area contributed by atoms with Gasteiger partial charge < -0.3 is 0 Å². The molecule has 1 aromatic heterocycles. The van der Waals surface area contributed by atoms with E-state index >= 15 is 0 Å². The zero-order valence-corrected chi connectivity index (χ0v) is 11.6. The molecule has 0 spiro atoms. The van der Waals surface area contributed by atoms with E-state index in [1.54, 1.807) is 6.07 Å². The number of hydrogen-bond donors (Lipinski definition) is 1. The SMILES string of the molecule is FC(F)(F)c1cccc(/C=N\n2c(C3CC3)n[nH]c2=S)c1. The second-order valence-corrected chi connectivity index (χ2v) is 5.23. The smallest absolute Gasteiger partial charge is 0.250 e. The van der Waals surface area contributed by atoms with Crippen LogP contribution in [0.3, 0.4) is 0 Å². The molecule has 21 heavy (non-hydrogen) atoms. The van der Waals surface area contributed by atoms with Crippen molar-refractivity contribution in [2.45, 2.75) is 24.9 Å². The summed E-state index contributed by atoms with van der Waals surface area (Å²) < 4.78 is 39.7. The lowest BCUT2D eigenvalue weighted by Crippen LogP contribution is -2.05. The third-order valence-electron chi connectivity index (χ3n) is 3.15. The number of alkyl halides is 3. The van der Waals surface area contributed by atoms with Crippen molar-refractivity contribution in [1.29, 1.82) is 0 Å². The van der Waals surface area contributed by atoms with Crippen LogP contribution in [0.5, 0.6) is 0 Å². The van der Waals surface area contributed by atoms with Gasteiger partial charge in [0.05, 0.1) is 11.8 Å². The van der Waals surface area contributed by atoms with Crippen LogP contribution in [0.2, 0.25) is 0 Å². The van der Waals surface area contributed by atoms with Crippen LogP contribution in [0.15, 0.2) is 29.4 Å². The highest BCUT2D eigenvalue weighted by molar-refractivity contribution is 7.71. The molecular formula is C13H11F3N4S. The standard InChI is InChI=1S/C13H11F3N4S/c14-13(15,16)10-3-1-2-8(6-10)7-17-20-11(9-4-5-9)18-19-12(20)21/h1-3,6-7,9H,4-5H2,(H,19,21)/b17-7-. The van der Waals surface area contributed by atoms with E-state index in [2.05, 4.69) is 15.3 Å². The van der Waals surface area contributed by atoms with E-state index in [0.717, 1.165) is 30.8 Å². The fraction of sp³-hybridized carbons (Fsp3) is 0.308. The molecule has 110 valence electrons. The topological polar surface area (TPSA) is 46.0 Å². The number of aromatic amines is 1. The molecule has 1 heterocycles. The van der Waals surface area contributed by atoms with Crippen molar-refractivity contribution < 1.29 is 13.2 Å². The Morgan fingerprint density at radius 3 is 2.81 bits per heavy atom. The molecule has 0 saturated heterocycles. The van der Waals surface area contributed by atoms with Gasteiger partial charge in [0.1, 0.15) is 0 Å². The first-order valence-corrected chi connectivity index (χ1v) is 6.75. The number of hydrogen-bond acceptors (Lipinski definition) is 3. The monoisotopic (exact) mass is 312 g/mol. The highest BCUT2D eigenvalue weighted by Crippen LogP contribution is 2.38. The van der Waals surface area contributed by atoms with Crippen LogP contribution in [0.1, 0.15) is 35.7 Å². The highest BCUT2D eigenvalue weighted by Gasteiger charge is 2.30. The normalized spacial score (nSPS) is 15.8. The van der Waals surface area contributed by atoms with E-state index in [1.807, 2.05) is 0 Å². The first-order valence-electron chi connectivity index (χ1n) is 6.34. The van der Waals surface area contributed by atoms with Crippen molar-refractivity contribution in [2.75, 3.05) is 0 Å². The van der Waals surface area contributed by atoms with E-state index in [0.29, 0.717) is 16.3 Å². The summed E-state index contributed by atoms with van der Waals surface area (Å²) in [6, 6.07) is 4.97. The lowest BCUT2D eigenvalue weighted by Gasteiger charge is -2.06. The Kier molecular flexibility index (Phi) is 3.40. The van der Waals surface area contributed by atoms with Gasteiger partial charge in [-0.25, -0.2) is 0 Å². The van der Waals surface area contributed by atoms with E-state index in [1.165, 1.54) is 17.0 Å². The summed E-state index contributed by atoms with van der Waals surface area (Å²) in [7, 11) is 0. The highest BCUT2D eigenvalue weighted by atomic mass is 32.1. The molecule has 0 aliphatic heterocycles. The number of aromatic nitrogens is 3. The second kappa shape index (κ2) is 5.10. The maximum absolute atomic E-state index is 12.6. The molecule has 4 nitrogen and oxygen atoms in total. The molecule has 1 fully saturated rings. The zero-order valence-electron chi connectivity index (χ0n) is 10.8. The summed E-state index contributed by atoms with van der Waals surface area (Å²) in [6.07, 6.45) is -0.959. The molecule has 0 unspecified atom stereocenters. The van der Waals surface area contributed by atoms with Gasteiger partial charge >= 0.3 is 6.18 Å². The maximum atomic E-state index is 12.6. The second-order valence-electron chi connectivity index (χ2n) is 4.84. The van der Waals surface area contributed by atoms with Crippen LogP contribution < -0.4 is 0 Å². The number of benzene rings is 1. The van der Waals surface area contributed by atoms with Gasteiger partial charge in [-0.05, 0) is 42.8 Å². The van der Waals surface area contributed by atoms with Gasteiger partial charge in [0.15, 0.2) is 5.82 Å². The average Bonchev–Trinajstić information content (AvgIpc) is 3.20. The minimum atomic E-state index is -4.37. The van der Waals surface area contributed by atoms with E-state index in [-0.39, 0.29) is 0 Å². The van der Waals surface area contributed by atoms with Gasteiger partial charge in [0, 0.05) is 5.92 Å². The molecule has 1 saturated carbocycles. The first kappa shape index (κ1) is 14.0. The molecule has 1 aliphatic carbocycles. The lowest BCUT2D eigenvalue weighted by molar-refractivity contribution is -0.137. The van der Waals surface area contributed by atoms with E-state index in [4.69, 9.17) is 12.2 Å². The molecule has 0 amide bonds. The predicted octanol–water partition coefficient (Wildman–Crippen LogP) is 3.72. The quantitative estimate of drug-likeness (QED) is 0.693. The van der Waals surface area contributed by atoms with Crippen molar-refractivity contribution in [3.05, 3.63) is 46.0 Å². The Balaban J connectivity index is 1.90. The van der Waals surface area contributed by atoms with Crippen LogP contribution >= 0.6 is 12.2 Å². The van der Waals surface area contributed by atoms with Crippen LogP contribution in [-0.2, 0) is 6.18 Å². The van der Waals surface area contributed by atoms with Crippen molar-refractivity contribution >= 4 is 18.4 Å². The number of nitrogens with zero attached hydrogens (tertiary/aromatic N) is 3. The number of H-pyrrole nitrogens is 1. The Hall–Kier alpha value is -1.96. The number of halogens is 3. The molecule has 1 aliphatic rings. The summed E-state index contributed by atoms with van der Waals surface area (Å²) in [5.41, 5.74) is -0.348. The molecular weight excluding hydrogens is 301 g/mol. The minimum absolute atomic E-state index is 0.330. The number of rotatable bonds is 3. The molecule has 2 aromatic rings. The maximum Gasteiger partial charge on any atom is 0.416 e. The van der Waals surface area contributed by atoms with Crippen LogP contribution in [0, 0.1) is 4.77 Å². The van der Waals surface area contributed by atoms with Crippen LogP contribution in [0.4, 0.5) is 13.2 Å². The van der Waals surface area contributed by atoms with Gasteiger partial charge in [-0.15, -0.1) is 0 Å². The first-order chi connectivity index (χ1) is 9.95. The number of nitrogens with one attached hydrogen (secondary N) is 1. The molecule has 0 atom stereocenters. The molecule has 0 bridgehead atoms. The minimum Gasteiger partial charge on any atom is -0.250 e. The molecule has 0 radical (unpaired) electrons. The van der Waals surface area contributed by atoms with Crippen molar-refractivity contribution in [1.82, 2.24) is 14.9 Å². The largest absolute Gasteiger partial charge is 0.416 e. The summed E-state index contributed by atoms with van der Waals surface area (Å²) in [5, 5.41) is 10.9. The van der Waals surface area contributed by atoms with Gasteiger partial charge in [-0.1, -0.05) is 12.1 Å². The van der Waals surface area contributed by atoms with Crippen molar-refractivity contribution in [3.8, 4) is 0 Å².